The first-order valence-electron chi connectivity index (χ1n) is 6.60. The second-order valence-electron chi connectivity index (χ2n) is 5.33. The molecule has 4 nitrogen and oxygen atoms in total. The van der Waals surface area contributed by atoms with E-state index in [9.17, 15) is 0 Å². The van der Waals surface area contributed by atoms with Crippen molar-refractivity contribution < 1.29 is 9.26 Å². The molecule has 0 unspecified atom stereocenters. The summed E-state index contributed by atoms with van der Waals surface area (Å²) in [6, 6.07) is 5.90. The quantitative estimate of drug-likeness (QED) is 0.913. The summed E-state index contributed by atoms with van der Waals surface area (Å²) in [6.07, 6.45) is 2.55. The van der Waals surface area contributed by atoms with Gasteiger partial charge in [0.25, 0.3) is 0 Å². The van der Waals surface area contributed by atoms with Crippen LogP contribution < -0.4 is 10.5 Å². The van der Waals surface area contributed by atoms with Crippen LogP contribution in [0.1, 0.15) is 24.0 Å². The summed E-state index contributed by atoms with van der Waals surface area (Å²) in [6.45, 7) is 4.89. The lowest BCUT2D eigenvalue weighted by molar-refractivity contribution is 0.298. The molecule has 0 bridgehead atoms. The number of benzene rings is 1. The summed E-state index contributed by atoms with van der Waals surface area (Å²) in [7, 11) is 0. The summed E-state index contributed by atoms with van der Waals surface area (Å²) in [5.41, 5.74) is 8.85. The highest BCUT2D eigenvalue weighted by Crippen LogP contribution is 2.37. The van der Waals surface area contributed by atoms with Crippen LogP contribution in [0.15, 0.2) is 22.7 Å². The van der Waals surface area contributed by atoms with Gasteiger partial charge in [-0.2, -0.15) is 0 Å². The molecule has 1 heterocycles. The van der Waals surface area contributed by atoms with Crippen LogP contribution in [0.2, 0.25) is 0 Å². The van der Waals surface area contributed by atoms with Crippen molar-refractivity contribution in [2.24, 2.45) is 5.92 Å². The van der Waals surface area contributed by atoms with Gasteiger partial charge < -0.3 is 15.0 Å². The van der Waals surface area contributed by atoms with Gasteiger partial charge in [0.2, 0.25) is 0 Å². The number of aromatic nitrogens is 1. The van der Waals surface area contributed by atoms with Crippen LogP contribution in [0.4, 0.5) is 5.82 Å². The molecule has 0 radical (unpaired) electrons. The van der Waals surface area contributed by atoms with E-state index in [2.05, 4.69) is 31.1 Å². The van der Waals surface area contributed by atoms with Crippen LogP contribution in [0.5, 0.6) is 5.75 Å². The highest BCUT2D eigenvalue weighted by atomic mass is 16.5. The maximum Gasteiger partial charge on any atom is 0.172 e. The fourth-order valence-corrected chi connectivity index (χ4v) is 2.23. The molecule has 0 atom stereocenters. The molecule has 1 aliphatic carbocycles. The Kier molecular flexibility index (Phi) is 2.93. The lowest BCUT2D eigenvalue weighted by atomic mass is 10.0. The molecule has 4 heteroatoms. The Morgan fingerprint density at radius 3 is 2.74 bits per heavy atom. The summed E-state index contributed by atoms with van der Waals surface area (Å²) in [5.74, 6) is 2.65. The topological polar surface area (TPSA) is 61.3 Å². The zero-order valence-corrected chi connectivity index (χ0v) is 11.3. The monoisotopic (exact) mass is 258 g/mol. The van der Waals surface area contributed by atoms with Crippen molar-refractivity contribution in [3.8, 4) is 17.1 Å². The van der Waals surface area contributed by atoms with Gasteiger partial charge in [-0.3, -0.25) is 0 Å². The number of aryl methyl sites for hydroxylation is 2. The Hall–Kier alpha value is -1.97. The minimum absolute atomic E-state index is 0.391. The van der Waals surface area contributed by atoms with Crippen molar-refractivity contribution in [2.45, 2.75) is 26.7 Å². The molecule has 1 aromatic carbocycles. The number of nitrogens with two attached hydrogens (primary N) is 1. The fourth-order valence-electron chi connectivity index (χ4n) is 2.23. The molecule has 2 N–H and O–H groups in total. The maximum absolute atomic E-state index is 5.98. The lowest BCUT2D eigenvalue weighted by Gasteiger charge is -2.13. The number of nitrogen functional groups attached to an aromatic ring is 1. The third-order valence-corrected chi connectivity index (χ3v) is 3.37. The predicted molar refractivity (Wildman–Crippen MR) is 74.0 cm³/mol. The van der Waals surface area contributed by atoms with Crippen LogP contribution in [0, 0.1) is 19.8 Å². The molecule has 0 spiro atoms. The summed E-state index contributed by atoms with van der Waals surface area (Å²) in [5, 5.41) is 3.75. The van der Waals surface area contributed by atoms with E-state index in [4.69, 9.17) is 15.0 Å². The molecule has 1 fully saturated rings. The largest absolute Gasteiger partial charge is 0.492 e. The van der Waals surface area contributed by atoms with Gasteiger partial charge in [0.15, 0.2) is 11.6 Å². The molecule has 19 heavy (non-hydrogen) atoms. The first-order chi connectivity index (χ1) is 9.13. The normalized spacial score (nSPS) is 14.6. The zero-order valence-electron chi connectivity index (χ0n) is 11.3. The van der Waals surface area contributed by atoms with E-state index in [1.54, 1.807) is 6.07 Å². The van der Waals surface area contributed by atoms with Crippen molar-refractivity contribution in [3.05, 3.63) is 29.3 Å². The van der Waals surface area contributed by atoms with E-state index in [-0.39, 0.29) is 0 Å². The first-order valence-corrected chi connectivity index (χ1v) is 6.60. The van der Waals surface area contributed by atoms with Crippen molar-refractivity contribution in [2.75, 3.05) is 12.3 Å². The van der Waals surface area contributed by atoms with Crippen LogP contribution in [-0.4, -0.2) is 11.8 Å². The third kappa shape index (κ3) is 2.57. The average Bonchev–Trinajstić information content (AvgIpc) is 3.08. The Bertz CT molecular complexity index is 600. The number of hydrogen-bond donors (Lipinski definition) is 1. The number of nitrogens with zero attached hydrogens (tertiary/aromatic N) is 1. The van der Waals surface area contributed by atoms with E-state index in [1.807, 2.05) is 0 Å². The van der Waals surface area contributed by atoms with E-state index < -0.39 is 0 Å². The fraction of sp³-hybridized carbons (Fsp3) is 0.400. The predicted octanol–water partition coefficient (Wildman–Crippen LogP) is 3.33. The van der Waals surface area contributed by atoms with Crippen LogP contribution >= 0.6 is 0 Å². The van der Waals surface area contributed by atoms with Crippen LogP contribution in [0.3, 0.4) is 0 Å². The molecule has 1 aliphatic rings. The van der Waals surface area contributed by atoms with Gasteiger partial charge in [-0.05, 0) is 49.8 Å². The minimum atomic E-state index is 0.391. The number of rotatable bonds is 4. The Morgan fingerprint density at radius 1 is 1.32 bits per heavy atom. The SMILES string of the molecule is Cc1cc(C)c(OCC2CC2)c(-c2cc(N)no2)c1. The summed E-state index contributed by atoms with van der Waals surface area (Å²) < 4.78 is 11.3. The molecular formula is C15H18N2O2. The van der Waals surface area contributed by atoms with Gasteiger partial charge in [-0.15, -0.1) is 0 Å². The van der Waals surface area contributed by atoms with Gasteiger partial charge in [0.1, 0.15) is 5.75 Å². The Morgan fingerprint density at radius 2 is 2.11 bits per heavy atom. The van der Waals surface area contributed by atoms with Gasteiger partial charge >= 0.3 is 0 Å². The summed E-state index contributed by atoms with van der Waals surface area (Å²) in [4.78, 5) is 0. The Labute approximate surface area is 112 Å². The smallest absolute Gasteiger partial charge is 0.172 e. The lowest BCUT2D eigenvalue weighted by Crippen LogP contribution is -2.02. The average molecular weight is 258 g/mol. The molecular weight excluding hydrogens is 240 g/mol. The van der Waals surface area contributed by atoms with E-state index in [0.29, 0.717) is 17.5 Å². The number of anilines is 1. The van der Waals surface area contributed by atoms with Crippen LogP contribution in [-0.2, 0) is 0 Å². The van der Waals surface area contributed by atoms with Crippen molar-refractivity contribution >= 4 is 5.82 Å². The minimum Gasteiger partial charge on any atom is -0.492 e. The van der Waals surface area contributed by atoms with Crippen molar-refractivity contribution in [3.63, 3.8) is 0 Å². The second kappa shape index (κ2) is 4.61. The van der Waals surface area contributed by atoms with Gasteiger partial charge in [0, 0.05) is 6.07 Å². The molecule has 2 aromatic rings. The van der Waals surface area contributed by atoms with Crippen LogP contribution in [0.25, 0.3) is 11.3 Å². The van der Waals surface area contributed by atoms with Crippen molar-refractivity contribution in [1.29, 1.82) is 0 Å². The molecule has 0 amide bonds. The third-order valence-electron chi connectivity index (χ3n) is 3.37. The standard InChI is InChI=1S/C15H18N2O2/c1-9-5-10(2)15(18-8-11-3-4-11)12(6-9)13-7-14(16)17-19-13/h5-7,11H,3-4,8H2,1-2H3,(H2,16,17). The highest BCUT2D eigenvalue weighted by Gasteiger charge is 2.23. The molecule has 100 valence electrons. The molecule has 1 aromatic heterocycles. The van der Waals surface area contributed by atoms with Gasteiger partial charge in [0.05, 0.1) is 12.2 Å². The molecule has 0 saturated heterocycles. The van der Waals surface area contributed by atoms with E-state index in [0.717, 1.165) is 23.5 Å². The molecule has 0 aliphatic heterocycles. The van der Waals surface area contributed by atoms with E-state index >= 15 is 0 Å². The Balaban J connectivity index is 1.99. The van der Waals surface area contributed by atoms with Crippen molar-refractivity contribution in [1.82, 2.24) is 5.16 Å². The van der Waals surface area contributed by atoms with Gasteiger partial charge in [-0.25, -0.2) is 0 Å². The second-order valence-corrected chi connectivity index (χ2v) is 5.33. The summed E-state index contributed by atoms with van der Waals surface area (Å²) >= 11 is 0. The number of ether oxygens (including phenoxy) is 1. The zero-order chi connectivity index (χ0) is 13.4. The highest BCUT2D eigenvalue weighted by molar-refractivity contribution is 5.70. The number of hydrogen-bond acceptors (Lipinski definition) is 4. The van der Waals surface area contributed by atoms with E-state index in [1.165, 1.54) is 18.4 Å². The first kappa shape index (κ1) is 12.1. The molecule has 3 rings (SSSR count). The molecule has 1 saturated carbocycles. The maximum atomic E-state index is 5.98. The van der Waals surface area contributed by atoms with Gasteiger partial charge in [-0.1, -0.05) is 11.2 Å².